The Hall–Kier alpha value is -1.65. The van der Waals surface area contributed by atoms with Crippen LogP contribution in [0.2, 0.25) is 0 Å². The number of hydrogen-bond donors (Lipinski definition) is 0. The van der Waals surface area contributed by atoms with Crippen molar-refractivity contribution in [3.63, 3.8) is 0 Å². The summed E-state index contributed by atoms with van der Waals surface area (Å²) in [6.07, 6.45) is 3.91. The van der Waals surface area contributed by atoms with E-state index in [4.69, 9.17) is 0 Å². The lowest BCUT2D eigenvalue weighted by atomic mass is 10.1. The predicted molar refractivity (Wildman–Crippen MR) is 78.6 cm³/mol. The van der Waals surface area contributed by atoms with Crippen LogP contribution in [0.15, 0.2) is 0 Å². The molecule has 5 heteroatoms. The van der Waals surface area contributed by atoms with Crippen LogP contribution in [0.3, 0.4) is 0 Å². The molecule has 1 atom stereocenters. The Bertz CT molecular complexity index is 587. The zero-order valence-electron chi connectivity index (χ0n) is 13.1. The van der Waals surface area contributed by atoms with Crippen LogP contribution in [0.4, 0.5) is 0 Å². The van der Waals surface area contributed by atoms with Gasteiger partial charge in [0.1, 0.15) is 5.78 Å². The van der Waals surface area contributed by atoms with Gasteiger partial charge in [-0.3, -0.25) is 14.3 Å². The molecule has 0 N–H and O–H groups in total. The molecule has 0 unspecified atom stereocenters. The lowest BCUT2D eigenvalue weighted by Crippen LogP contribution is -2.37. The summed E-state index contributed by atoms with van der Waals surface area (Å²) in [6, 6.07) is 0.368. The van der Waals surface area contributed by atoms with Crippen LogP contribution < -0.4 is 0 Å². The molecule has 0 radical (unpaired) electrons. The summed E-state index contributed by atoms with van der Waals surface area (Å²) in [5.41, 5.74) is 3.27. The highest BCUT2D eigenvalue weighted by Gasteiger charge is 2.38. The summed E-state index contributed by atoms with van der Waals surface area (Å²) in [7, 11) is 1.94. The summed E-state index contributed by atoms with van der Waals surface area (Å²) < 4.78 is 1.87. The van der Waals surface area contributed by atoms with Crippen molar-refractivity contribution in [3.05, 3.63) is 17.0 Å². The van der Waals surface area contributed by atoms with E-state index in [-0.39, 0.29) is 17.6 Å². The molecule has 0 spiro atoms. The fraction of sp³-hybridized carbons (Fsp3) is 0.688. The van der Waals surface area contributed by atoms with Crippen LogP contribution >= 0.6 is 0 Å². The van der Waals surface area contributed by atoms with Gasteiger partial charge in [0.15, 0.2) is 0 Å². The number of hydrogen-bond acceptors (Lipinski definition) is 3. The number of aryl methyl sites for hydroxylation is 2. The van der Waals surface area contributed by atoms with E-state index >= 15 is 0 Å². The molecule has 0 aromatic carbocycles. The van der Waals surface area contributed by atoms with Gasteiger partial charge in [0, 0.05) is 49.7 Å². The molecule has 2 aliphatic carbocycles. The molecular formula is C16H23N3O2. The second kappa shape index (κ2) is 5.28. The molecule has 1 heterocycles. The van der Waals surface area contributed by atoms with Gasteiger partial charge in [-0.1, -0.05) is 0 Å². The van der Waals surface area contributed by atoms with Crippen LogP contribution in [0.25, 0.3) is 0 Å². The van der Waals surface area contributed by atoms with E-state index in [9.17, 15) is 9.59 Å². The van der Waals surface area contributed by atoms with Gasteiger partial charge in [0.05, 0.1) is 5.69 Å². The third kappa shape index (κ3) is 2.74. The van der Waals surface area contributed by atoms with Gasteiger partial charge in [-0.2, -0.15) is 5.10 Å². The van der Waals surface area contributed by atoms with Gasteiger partial charge in [-0.25, -0.2) is 0 Å². The third-order valence-electron chi connectivity index (χ3n) is 4.85. The number of ketones is 1. The summed E-state index contributed by atoms with van der Waals surface area (Å²) in [4.78, 5) is 26.2. The molecule has 114 valence electrons. The third-order valence-corrected chi connectivity index (χ3v) is 4.85. The Morgan fingerprint density at radius 2 is 2.05 bits per heavy atom. The highest BCUT2D eigenvalue weighted by atomic mass is 16.2. The zero-order valence-corrected chi connectivity index (χ0v) is 13.1. The highest BCUT2D eigenvalue weighted by molar-refractivity contribution is 5.90. The minimum absolute atomic E-state index is 0.0876. The van der Waals surface area contributed by atoms with E-state index in [1.54, 1.807) is 0 Å². The fourth-order valence-electron chi connectivity index (χ4n) is 3.25. The van der Waals surface area contributed by atoms with Crippen molar-refractivity contribution >= 4 is 11.7 Å². The molecule has 1 aromatic heterocycles. The maximum atomic E-state index is 12.8. The standard InChI is InChI=1S/C16H23N3O2/c1-10-15(11(2)18(3)17-10)9-19(13-5-6-13)16(21)12-4-7-14(20)8-12/h12-13H,4-9H2,1-3H3/t12-/m0/s1. The number of nitrogens with zero attached hydrogens (tertiary/aromatic N) is 3. The first-order valence-electron chi connectivity index (χ1n) is 7.78. The van der Waals surface area contributed by atoms with E-state index in [0.29, 0.717) is 25.4 Å². The number of carbonyl (C=O) groups excluding carboxylic acids is 2. The quantitative estimate of drug-likeness (QED) is 0.850. The van der Waals surface area contributed by atoms with E-state index in [2.05, 4.69) is 5.10 Å². The average molecular weight is 289 g/mol. The minimum atomic E-state index is -0.0876. The summed E-state index contributed by atoms with van der Waals surface area (Å²) in [6.45, 7) is 4.68. The van der Waals surface area contributed by atoms with Gasteiger partial charge in [0.2, 0.25) is 5.91 Å². The van der Waals surface area contributed by atoms with E-state index in [1.165, 1.54) is 0 Å². The Balaban J connectivity index is 1.79. The van der Waals surface area contributed by atoms with Crippen molar-refractivity contribution in [3.8, 4) is 0 Å². The van der Waals surface area contributed by atoms with E-state index in [1.807, 2.05) is 30.5 Å². The Kier molecular flexibility index (Phi) is 3.59. The fourth-order valence-corrected chi connectivity index (χ4v) is 3.25. The molecule has 2 fully saturated rings. The second-order valence-electron chi connectivity index (χ2n) is 6.45. The minimum Gasteiger partial charge on any atom is -0.335 e. The number of Topliss-reactive ketones (excluding diaryl/α,β-unsaturated/α-hetero) is 1. The first-order valence-corrected chi connectivity index (χ1v) is 7.78. The number of amides is 1. The van der Waals surface area contributed by atoms with Crippen molar-refractivity contribution in [1.82, 2.24) is 14.7 Å². The Labute approximate surface area is 125 Å². The maximum absolute atomic E-state index is 12.8. The van der Waals surface area contributed by atoms with Crippen LogP contribution in [-0.2, 0) is 23.2 Å². The van der Waals surface area contributed by atoms with E-state index in [0.717, 1.165) is 36.2 Å². The normalized spacial score (nSPS) is 21.9. The molecule has 1 aromatic rings. The van der Waals surface area contributed by atoms with Crippen molar-refractivity contribution in [2.45, 2.75) is 58.5 Å². The first kappa shape index (κ1) is 14.3. The SMILES string of the molecule is Cc1nn(C)c(C)c1CN(C(=O)[C@H]1CCC(=O)C1)C1CC1. The number of aromatic nitrogens is 2. The lowest BCUT2D eigenvalue weighted by Gasteiger charge is -2.25. The van der Waals surface area contributed by atoms with Crippen molar-refractivity contribution in [2.75, 3.05) is 0 Å². The zero-order chi connectivity index (χ0) is 15.1. The Morgan fingerprint density at radius 3 is 2.52 bits per heavy atom. The molecule has 2 aliphatic rings. The average Bonchev–Trinajstić information content (AvgIpc) is 3.14. The summed E-state index contributed by atoms with van der Waals surface area (Å²) >= 11 is 0. The van der Waals surface area contributed by atoms with Crippen molar-refractivity contribution < 1.29 is 9.59 Å². The van der Waals surface area contributed by atoms with Gasteiger partial charge in [-0.15, -0.1) is 0 Å². The highest BCUT2D eigenvalue weighted by Crippen LogP contribution is 2.33. The largest absolute Gasteiger partial charge is 0.335 e. The van der Waals surface area contributed by atoms with E-state index < -0.39 is 0 Å². The second-order valence-corrected chi connectivity index (χ2v) is 6.45. The molecule has 2 saturated carbocycles. The maximum Gasteiger partial charge on any atom is 0.226 e. The van der Waals surface area contributed by atoms with Crippen LogP contribution in [0.1, 0.15) is 49.1 Å². The van der Waals surface area contributed by atoms with Gasteiger partial charge in [-0.05, 0) is 33.1 Å². The molecular weight excluding hydrogens is 266 g/mol. The molecule has 0 saturated heterocycles. The van der Waals surface area contributed by atoms with Crippen LogP contribution in [0.5, 0.6) is 0 Å². The van der Waals surface area contributed by atoms with Gasteiger partial charge in [0.25, 0.3) is 0 Å². The summed E-state index contributed by atoms with van der Waals surface area (Å²) in [5, 5.41) is 4.44. The molecule has 0 bridgehead atoms. The van der Waals surface area contributed by atoms with Gasteiger partial charge < -0.3 is 4.90 Å². The molecule has 5 nitrogen and oxygen atoms in total. The molecule has 0 aliphatic heterocycles. The molecule has 3 rings (SSSR count). The van der Waals surface area contributed by atoms with Gasteiger partial charge >= 0.3 is 0 Å². The topological polar surface area (TPSA) is 55.2 Å². The van der Waals surface area contributed by atoms with Crippen LogP contribution in [-0.4, -0.2) is 32.4 Å². The number of rotatable bonds is 4. The monoisotopic (exact) mass is 289 g/mol. The van der Waals surface area contributed by atoms with Crippen molar-refractivity contribution in [1.29, 1.82) is 0 Å². The van der Waals surface area contributed by atoms with Crippen molar-refractivity contribution in [2.24, 2.45) is 13.0 Å². The molecule has 21 heavy (non-hydrogen) atoms. The predicted octanol–water partition coefficient (Wildman–Crippen LogP) is 1.90. The Morgan fingerprint density at radius 1 is 1.33 bits per heavy atom. The van der Waals surface area contributed by atoms with Crippen LogP contribution in [0, 0.1) is 19.8 Å². The smallest absolute Gasteiger partial charge is 0.226 e. The number of carbonyl (C=O) groups is 2. The first-order chi connectivity index (χ1) is 9.97. The molecule has 1 amide bonds. The summed E-state index contributed by atoms with van der Waals surface area (Å²) in [5.74, 6) is 0.319. The lowest BCUT2D eigenvalue weighted by molar-refractivity contribution is -0.137.